The van der Waals surface area contributed by atoms with Crippen LogP contribution in [0.2, 0.25) is 0 Å². The maximum atomic E-state index is 12.8. The second-order valence-electron chi connectivity index (χ2n) is 6.79. The van der Waals surface area contributed by atoms with Crippen molar-refractivity contribution < 1.29 is 19.1 Å². The third-order valence-corrected chi connectivity index (χ3v) is 4.89. The summed E-state index contributed by atoms with van der Waals surface area (Å²) in [6.45, 7) is 2.88. The summed E-state index contributed by atoms with van der Waals surface area (Å²) in [6, 6.07) is -0.295. The lowest BCUT2D eigenvalue weighted by Crippen LogP contribution is -2.51. The summed E-state index contributed by atoms with van der Waals surface area (Å²) in [5, 5.41) is 2.58. The van der Waals surface area contributed by atoms with E-state index in [9.17, 15) is 14.4 Å². The molecule has 1 spiro atoms. The molecule has 0 aromatic heterocycles. The lowest BCUT2D eigenvalue weighted by atomic mass is 9.78. The molecule has 136 valence electrons. The molecule has 8 heteroatoms. The van der Waals surface area contributed by atoms with Gasteiger partial charge in [0, 0.05) is 47.4 Å². The van der Waals surface area contributed by atoms with E-state index < -0.39 is 5.41 Å². The minimum atomic E-state index is -0.451. The molecular formula is C16H28N4O4. The zero-order chi connectivity index (χ0) is 17.7. The van der Waals surface area contributed by atoms with E-state index in [0.29, 0.717) is 32.7 Å². The Labute approximate surface area is 143 Å². The molecule has 0 bridgehead atoms. The molecule has 1 N–H and O–H groups in total. The van der Waals surface area contributed by atoms with Crippen LogP contribution in [0.1, 0.15) is 19.3 Å². The van der Waals surface area contributed by atoms with Crippen molar-refractivity contribution in [1.29, 1.82) is 0 Å². The van der Waals surface area contributed by atoms with Gasteiger partial charge < -0.3 is 24.8 Å². The van der Waals surface area contributed by atoms with Crippen LogP contribution in [0, 0.1) is 5.41 Å². The van der Waals surface area contributed by atoms with E-state index in [-0.39, 0.29) is 24.4 Å². The molecule has 2 fully saturated rings. The van der Waals surface area contributed by atoms with Crippen LogP contribution >= 0.6 is 0 Å². The Morgan fingerprint density at radius 2 is 2.04 bits per heavy atom. The highest BCUT2D eigenvalue weighted by Crippen LogP contribution is 2.39. The molecule has 1 atom stereocenters. The number of ether oxygens (including phenoxy) is 1. The lowest BCUT2D eigenvalue weighted by Gasteiger charge is -2.39. The highest BCUT2D eigenvalue weighted by molar-refractivity contribution is 5.87. The Morgan fingerprint density at radius 1 is 1.29 bits per heavy atom. The summed E-state index contributed by atoms with van der Waals surface area (Å²) in [6.07, 6.45) is 2.47. The number of amides is 4. The number of nitrogens with one attached hydrogen (secondary N) is 1. The predicted molar refractivity (Wildman–Crippen MR) is 88.4 cm³/mol. The number of carbonyl (C=O) groups is 3. The first-order valence-electron chi connectivity index (χ1n) is 8.41. The molecule has 8 nitrogen and oxygen atoms in total. The van der Waals surface area contributed by atoms with Crippen LogP contribution in [-0.4, -0.2) is 93.1 Å². The quantitative estimate of drug-likeness (QED) is 0.748. The highest BCUT2D eigenvalue weighted by Gasteiger charge is 2.49. The van der Waals surface area contributed by atoms with Gasteiger partial charge in [-0.15, -0.1) is 0 Å². The van der Waals surface area contributed by atoms with Crippen molar-refractivity contribution in [2.45, 2.75) is 19.3 Å². The fourth-order valence-electron chi connectivity index (χ4n) is 3.45. The van der Waals surface area contributed by atoms with E-state index in [1.807, 2.05) is 4.90 Å². The molecular weight excluding hydrogens is 312 g/mol. The summed E-state index contributed by atoms with van der Waals surface area (Å²) in [7, 11) is 4.88. The summed E-state index contributed by atoms with van der Waals surface area (Å²) in [5.41, 5.74) is -0.451. The predicted octanol–water partition coefficient (Wildman–Crippen LogP) is -0.255. The number of carbonyl (C=O) groups excluding carboxylic acids is 3. The SMILES string of the molecule is COCCN1CCCC2(CCN(C(=O)CNC(=O)N(C)C)C2)C1=O. The van der Waals surface area contributed by atoms with Crippen LogP contribution in [0.25, 0.3) is 0 Å². The van der Waals surface area contributed by atoms with E-state index in [1.165, 1.54) is 4.90 Å². The lowest BCUT2D eigenvalue weighted by molar-refractivity contribution is -0.146. The molecule has 2 aliphatic rings. The Balaban J connectivity index is 1.91. The van der Waals surface area contributed by atoms with E-state index >= 15 is 0 Å². The molecule has 0 aliphatic carbocycles. The van der Waals surface area contributed by atoms with Gasteiger partial charge in [0.05, 0.1) is 18.6 Å². The van der Waals surface area contributed by atoms with Gasteiger partial charge in [0.25, 0.3) is 0 Å². The molecule has 0 radical (unpaired) electrons. The third kappa shape index (κ3) is 3.98. The van der Waals surface area contributed by atoms with Crippen LogP contribution in [0.4, 0.5) is 4.79 Å². The maximum absolute atomic E-state index is 12.8. The number of rotatable bonds is 5. The van der Waals surface area contributed by atoms with Gasteiger partial charge in [-0.2, -0.15) is 0 Å². The first-order valence-corrected chi connectivity index (χ1v) is 8.41. The van der Waals surface area contributed by atoms with E-state index in [1.54, 1.807) is 26.1 Å². The van der Waals surface area contributed by atoms with Crippen LogP contribution in [0.15, 0.2) is 0 Å². The number of piperidine rings is 1. The minimum absolute atomic E-state index is 0.0331. The van der Waals surface area contributed by atoms with Crippen molar-refractivity contribution in [3.05, 3.63) is 0 Å². The second-order valence-corrected chi connectivity index (χ2v) is 6.79. The standard InChI is InChI=1S/C16H28N4O4/c1-18(2)15(23)17-11-13(21)20-8-6-16(12-20)5-4-7-19(14(16)22)9-10-24-3/h4-12H2,1-3H3,(H,17,23). The van der Waals surface area contributed by atoms with Gasteiger partial charge in [-0.3, -0.25) is 9.59 Å². The number of hydrogen-bond acceptors (Lipinski definition) is 4. The van der Waals surface area contributed by atoms with E-state index in [0.717, 1.165) is 19.4 Å². The molecule has 2 heterocycles. The average Bonchev–Trinajstić information content (AvgIpc) is 2.99. The fraction of sp³-hybridized carbons (Fsp3) is 0.812. The third-order valence-electron chi connectivity index (χ3n) is 4.89. The van der Waals surface area contributed by atoms with Gasteiger partial charge >= 0.3 is 6.03 Å². The molecule has 2 saturated heterocycles. The zero-order valence-electron chi connectivity index (χ0n) is 14.8. The van der Waals surface area contributed by atoms with Crippen molar-refractivity contribution in [2.24, 2.45) is 5.41 Å². The summed E-state index contributed by atoms with van der Waals surface area (Å²) in [4.78, 5) is 41.6. The molecule has 24 heavy (non-hydrogen) atoms. The molecule has 2 aliphatic heterocycles. The van der Waals surface area contributed by atoms with Gasteiger partial charge in [-0.1, -0.05) is 0 Å². The molecule has 0 saturated carbocycles. The summed E-state index contributed by atoms with van der Waals surface area (Å²) >= 11 is 0. The Kier molecular flexibility index (Phi) is 6.04. The van der Waals surface area contributed by atoms with Gasteiger partial charge in [-0.05, 0) is 19.3 Å². The fourth-order valence-corrected chi connectivity index (χ4v) is 3.45. The monoisotopic (exact) mass is 340 g/mol. The Bertz CT molecular complexity index is 496. The molecule has 2 rings (SSSR count). The molecule has 1 unspecified atom stereocenters. The number of methoxy groups -OCH3 is 1. The largest absolute Gasteiger partial charge is 0.383 e. The summed E-state index contributed by atoms with van der Waals surface area (Å²) in [5.74, 6) is 0.00215. The number of hydrogen-bond donors (Lipinski definition) is 1. The van der Waals surface area contributed by atoms with E-state index in [4.69, 9.17) is 4.74 Å². The van der Waals surface area contributed by atoms with Crippen LogP contribution in [0.5, 0.6) is 0 Å². The van der Waals surface area contributed by atoms with Crippen LogP contribution in [0.3, 0.4) is 0 Å². The normalized spacial score (nSPS) is 23.7. The van der Waals surface area contributed by atoms with Crippen LogP contribution < -0.4 is 5.32 Å². The topological polar surface area (TPSA) is 82.2 Å². The van der Waals surface area contributed by atoms with Crippen molar-refractivity contribution in [3.8, 4) is 0 Å². The van der Waals surface area contributed by atoms with Crippen molar-refractivity contribution >= 4 is 17.8 Å². The number of urea groups is 1. The molecule has 0 aromatic carbocycles. The average molecular weight is 340 g/mol. The minimum Gasteiger partial charge on any atom is -0.383 e. The smallest absolute Gasteiger partial charge is 0.317 e. The maximum Gasteiger partial charge on any atom is 0.317 e. The van der Waals surface area contributed by atoms with Crippen molar-refractivity contribution in [3.63, 3.8) is 0 Å². The first kappa shape index (κ1) is 18.5. The summed E-state index contributed by atoms with van der Waals surface area (Å²) < 4.78 is 5.07. The Hall–Kier alpha value is -1.83. The van der Waals surface area contributed by atoms with Crippen LogP contribution in [-0.2, 0) is 14.3 Å². The second kappa shape index (κ2) is 7.83. The van der Waals surface area contributed by atoms with Crippen molar-refractivity contribution in [2.75, 3.05) is 60.5 Å². The zero-order valence-corrected chi connectivity index (χ0v) is 14.8. The molecule has 4 amide bonds. The molecule has 0 aromatic rings. The van der Waals surface area contributed by atoms with Crippen molar-refractivity contribution in [1.82, 2.24) is 20.0 Å². The van der Waals surface area contributed by atoms with Gasteiger partial charge in [-0.25, -0.2) is 4.79 Å². The first-order chi connectivity index (χ1) is 11.4. The van der Waals surface area contributed by atoms with E-state index in [2.05, 4.69) is 5.32 Å². The highest BCUT2D eigenvalue weighted by atomic mass is 16.5. The van der Waals surface area contributed by atoms with Gasteiger partial charge in [0.2, 0.25) is 11.8 Å². The number of likely N-dealkylation sites (tertiary alicyclic amines) is 2. The number of nitrogens with zero attached hydrogens (tertiary/aromatic N) is 3. The van der Waals surface area contributed by atoms with Gasteiger partial charge in [0.1, 0.15) is 0 Å². The Morgan fingerprint density at radius 3 is 2.71 bits per heavy atom. The van der Waals surface area contributed by atoms with Gasteiger partial charge in [0.15, 0.2) is 0 Å².